The molecule has 0 aromatic carbocycles. The van der Waals surface area contributed by atoms with E-state index in [1.165, 1.54) is 11.8 Å². The van der Waals surface area contributed by atoms with E-state index in [1.54, 1.807) is 11.6 Å². The number of aliphatic carboxylic acids is 1. The highest BCUT2D eigenvalue weighted by Gasteiger charge is 2.23. The zero-order valence-electron chi connectivity index (χ0n) is 17.6. The van der Waals surface area contributed by atoms with Crippen molar-refractivity contribution >= 4 is 23.8 Å². The highest BCUT2D eigenvalue weighted by atomic mass is 32.2. The van der Waals surface area contributed by atoms with Gasteiger partial charge in [-0.25, -0.2) is 9.59 Å². The first-order chi connectivity index (χ1) is 11.0. The third kappa shape index (κ3) is 7.39. The van der Waals surface area contributed by atoms with Crippen molar-refractivity contribution in [3.8, 4) is 0 Å². The monoisotopic (exact) mass is 258 g/mol. The van der Waals surface area contributed by atoms with E-state index in [0.29, 0.717) is 5.75 Å². The topological polar surface area (TPSA) is 75.6 Å². The van der Waals surface area contributed by atoms with Crippen molar-refractivity contribution < 1.29 is 31.8 Å². The summed E-state index contributed by atoms with van der Waals surface area (Å²) in [6, 6.07) is -1.50. The molecular weight excluding hydrogens is 230 g/mol. The van der Waals surface area contributed by atoms with Gasteiger partial charge in [0.2, 0.25) is 0 Å². The average Bonchev–Trinajstić information content (AvgIpc) is 2.35. The molecule has 0 saturated heterocycles. The summed E-state index contributed by atoms with van der Waals surface area (Å²) >= 11 is 1.27. The van der Waals surface area contributed by atoms with Crippen LogP contribution in [0.4, 0.5) is 4.79 Å². The van der Waals surface area contributed by atoms with E-state index in [0.717, 1.165) is 0 Å². The molecule has 0 rings (SSSR count). The molecule has 0 spiro atoms. The summed E-state index contributed by atoms with van der Waals surface area (Å²) in [7, 11) is 0. The number of carbonyl (C=O) groups is 2. The smallest absolute Gasteiger partial charge is 0.408 e. The van der Waals surface area contributed by atoms with Crippen LogP contribution in [0.1, 0.15) is 39.3 Å². The second-order valence-electron chi connectivity index (χ2n) is 2.89. The second kappa shape index (κ2) is 6.62. The molecule has 0 aliphatic rings. The molecule has 0 unspecified atom stereocenters. The minimum atomic E-state index is -3.81. The normalized spacial score (nSPS) is 23.7. The Bertz CT molecular complexity index is 452. The largest absolute Gasteiger partial charge is 0.480 e. The number of amides is 1. The van der Waals surface area contributed by atoms with Crippen molar-refractivity contribution in [2.45, 2.75) is 38.6 Å². The SMILES string of the molecule is [2H]C([2H])([2H])C(OC(=O)N[C@@H](CCSC)C(=O)O)(C([2H])([2H])[2H])C([2H])([2H])[2H]. The van der Waals surface area contributed by atoms with Crippen LogP contribution < -0.4 is 5.32 Å². The Hall–Kier alpha value is -0.910. The van der Waals surface area contributed by atoms with Crippen LogP contribution in [0, 0.1) is 0 Å². The lowest BCUT2D eigenvalue weighted by Crippen LogP contribution is -2.43. The van der Waals surface area contributed by atoms with E-state index in [2.05, 4.69) is 4.74 Å². The number of carboxylic acid groups (broad SMARTS) is 1. The summed E-state index contributed by atoms with van der Waals surface area (Å²) < 4.78 is 70.2. The number of alkyl carbamates (subject to hydrolysis) is 1. The predicted molar refractivity (Wildman–Crippen MR) is 63.8 cm³/mol. The number of hydrogen-bond donors (Lipinski definition) is 2. The maximum atomic E-state index is 11.9. The van der Waals surface area contributed by atoms with Gasteiger partial charge in [0.25, 0.3) is 0 Å². The van der Waals surface area contributed by atoms with Gasteiger partial charge in [-0.1, -0.05) is 0 Å². The van der Waals surface area contributed by atoms with Gasteiger partial charge in [0.1, 0.15) is 11.6 Å². The van der Waals surface area contributed by atoms with Crippen LogP contribution >= 0.6 is 11.8 Å². The number of nitrogens with one attached hydrogen (secondary N) is 1. The summed E-state index contributed by atoms with van der Waals surface area (Å²) in [5.41, 5.74) is -3.81. The molecule has 0 bridgehead atoms. The van der Waals surface area contributed by atoms with Crippen molar-refractivity contribution in [3.63, 3.8) is 0 Å². The molecule has 5 nitrogen and oxygen atoms in total. The summed E-state index contributed by atoms with van der Waals surface area (Å²) in [6.45, 7) is -11.2. The molecule has 1 atom stereocenters. The maximum Gasteiger partial charge on any atom is 0.408 e. The van der Waals surface area contributed by atoms with Crippen LogP contribution in [0.5, 0.6) is 0 Å². The van der Waals surface area contributed by atoms with Gasteiger partial charge in [-0.05, 0) is 39.0 Å². The van der Waals surface area contributed by atoms with Gasteiger partial charge in [-0.3, -0.25) is 0 Å². The lowest BCUT2D eigenvalue weighted by molar-refractivity contribution is -0.139. The van der Waals surface area contributed by atoms with Crippen molar-refractivity contribution in [2.75, 3.05) is 12.0 Å². The van der Waals surface area contributed by atoms with Crippen molar-refractivity contribution in [3.05, 3.63) is 0 Å². The molecule has 0 aromatic rings. The predicted octanol–water partition coefficient (Wildman–Crippen LogP) is 1.72. The number of thioether (sulfide) groups is 1. The molecule has 0 fully saturated rings. The van der Waals surface area contributed by atoms with Crippen LogP contribution in [0.3, 0.4) is 0 Å². The molecule has 0 radical (unpaired) electrons. The average molecular weight is 258 g/mol. The van der Waals surface area contributed by atoms with Gasteiger partial charge >= 0.3 is 12.1 Å². The fourth-order valence-electron chi connectivity index (χ4n) is 0.804. The number of carbonyl (C=O) groups excluding carboxylic acids is 1. The van der Waals surface area contributed by atoms with Gasteiger partial charge in [-0.2, -0.15) is 11.8 Å². The van der Waals surface area contributed by atoms with Crippen LogP contribution in [0.2, 0.25) is 0 Å². The molecule has 16 heavy (non-hydrogen) atoms. The summed E-state index contributed by atoms with van der Waals surface area (Å²) in [6.07, 6.45) is -0.134. The lowest BCUT2D eigenvalue weighted by Gasteiger charge is -2.21. The van der Waals surface area contributed by atoms with Gasteiger partial charge in [0.15, 0.2) is 0 Å². The molecule has 2 N–H and O–H groups in total. The molecule has 0 heterocycles. The number of hydrogen-bond acceptors (Lipinski definition) is 4. The van der Waals surface area contributed by atoms with Gasteiger partial charge in [0, 0.05) is 12.3 Å². The lowest BCUT2D eigenvalue weighted by atomic mass is 10.2. The summed E-state index contributed by atoms with van der Waals surface area (Å²) in [4.78, 5) is 23.0. The van der Waals surface area contributed by atoms with Crippen molar-refractivity contribution in [1.29, 1.82) is 0 Å². The molecular formula is C10H19NO4S. The third-order valence-electron chi connectivity index (χ3n) is 1.45. The maximum absolute atomic E-state index is 11.9. The Morgan fingerprint density at radius 1 is 1.56 bits per heavy atom. The molecule has 0 aromatic heterocycles. The highest BCUT2D eigenvalue weighted by molar-refractivity contribution is 7.98. The van der Waals surface area contributed by atoms with Gasteiger partial charge in [-0.15, -0.1) is 0 Å². The molecule has 94 valence electrons. The Labute approximate surface area is 113 Å². The molecule has 1 amide bonds. The number of ether oxygens (including phenoxy) is 1. The van der Waals surface area contributed by atoms with Crippen LogP contribution in [-0.4, -0.2) is 40.8 Å². The number of carboxylic acids is 1. The first kappa shape index (κ1) is 5.62. The van der Waals surface area contributed by atoms with E-state index in [-0.39, 0.29) is 6.42 Å². The van der Waals surface area contributed by atoms with E-state index in [4.69, 9.17) is 17.4 Å². The zero-order valence-corrected chi connectivity index (χ0v) is 9.39. The third-order valence-corrected chi connectivity index (χ3v) is 2.09. The van der Waals surface area contributed by atoms with Crippen molar-refractivity contribution in [2.24, 2.45) is 0 Å². The Morgan fingerprint density at radius 2 is 2.19 bits per heavy atom. The van der Waals surface area contributed by atoms with E-state index in [9.17, 15) is 9.59 Å². The van der Waals surface area contributed by atoms with E-state index in [1.807, 2.05) is 0 Å². The first-order valence-corrected chi connectivity index (χ1v) is 5.62. The highest BCUT2D eigenvalue weighted by Crippen LogP contribution is 2.08. The summed E-state index contributed by atoms with van der Waals surface area (Å²) in [5, 5.41) is 10.8. The Morgan fingerprint density at radius 3 is 2.62 bits per heavy atom. The quantitative estimate of drug-likeness (QED) is 0.785. The van der Waals surface area contributed by atoms with Gasteiger partial charge < -0.3 is 15.2 Å². The fraction of sp³-hybridized carbons (Fsp3) is 0.800. The zero-order chi connectivity index (χ0) is 20.3. The molecule has 0 aliphatic carbocycles. The standard InChI is InChI=1S/C10H19NO4S/c1-10(2,3)15-9(14)11-7(8(12)13)5-6-16-4/h7H,5-6H2,1-4H3,(H,11,14)(H,12,13)/t7-/m0/s1/i1D3,2D3,3D3. The Balaban J connectivity index is 5.75. The fourth-order valence-corrected chi connectivity index (χ4v) is 1.28. The van der Waals surface area contributed by atoms with E-state index < -0.39 is 44.3 Å². The van der Waals surface area contributed by atoms with Crippen LogP contribution in [0.25, 0.3) is 0 Å². The summed E-state index contributed by atoms with van der Waals surface area (Å²) in [5.74, 6) is -1.14. The minimum absolute atomic E-state index is 0.0616. The van der Waals surface area contributed by atoms with Gasteiger partial charge in [0.05, 0.1) is 0 Å². The molecule has 0 aliphatic heterocycles. The minimum Gasteiger partial charge on any atom is -0.480 e. The second-order valence-corrected chi connectivity index (χ2v) is 3.87. The molecule has 0 saturated carbocycles. The van der Waals surface area contributed by atoms with Crippen LogP contribution in [-0.2, 0) is 9.53 Å². The first-order valence-electron chi connectivity index (χ1n) is 8.72. The van der Waals surface area contributed by atoms with E-state index >= 15 is 0 Å². The van der Waals surface area contributed by atoms with Crippen molar-refractivity contribution in [1.82, 2.24) is 5.32 Å². The number of rotatable bonds is 5. The molecule has 6 heteroatoms. The Kier molecular flexibility index (Phi) is 2.33. The van der Waals surface area contributed by atoms with Crippen LogP contribution in [0.15, 0.2) is 0 Å².